The number of ether oxygens (including phenoxy) is 1. The third-order valence-corrected chi connectivity index (χ3v) is 3.73. The Kier molecular flexibility index (Phi) is 5.84. The van der Waals surface area contributed by atoms with Crippen LogP contribution in [-0.2, 0) is 0 Å². The number of rotatable bonds is 6. The molecule has 0 saturated heterocycles. The number of carbonyl (C=O) groups excluding carboxylic acids is 1. The first-order valence-electron chi connectivity index (χ1n) is 6.84. The third kappa shape index (κ3) is 3.87. The number of hydrogen-bond donors (Lipinski definition) is 2. The average Bonchev–Trinajstić information content (AvgIpc) is 3.24. The van der Waals surface area contributed by atoms with Crippen molar-refractivity contribution in [1.82, 2.24) is 5.32 Å². The molecule has 1 atom stereocenters. The van der Waals surface area contributed by atoms with Gasteiger partial charge in [0.05, 0.1) is 12.1 Å². The van der Waals surface area contributed by atoms with Gasteiger partial charge in [0.25, 0.3) is 5.91 Å². The lowest BCUT2D eigenvalue weighted by Gasteiger charge is -2.29. The van der Waals surface area contributed by atoms with Gasteiger partial charge >= 0.3 is 0 Å². The Hall–Kier alpha value is -1.26. The monoisotopic (exact) mass is 298 g/mol. The van der Waals surface area contributed by atoms with Crippen molar-refractivity contribution in [3.63, 3.8) is 0 Å². The van der Waals surface area contributed by atoms with Crippen molar-refractivity contribution in [2.75, 3.05) is 13.2 Å². The fraction of sp³-hybridized carbons (Fsp3) is 0.533. The lowest BCUT2D eigenvalue weighted by Crippen LogP contribution is -2.53. The van der Waals surface area contributed by atoms with Crippen LogP contribution in [0.2, 0.25) is 0 Å². The lowest BCUT2D eigenvalue weighted by molar-refractivity contribution is 0.0898. The van der Waals surface area contributed by atoms with Crippen LogP contribution in [0.1, 0.15) is 37.0 Å². The summed E-state index contributed by atoms with van der Waals surface area (Å²) < 4.78 is 5.36. The summed E-state index contributed by atoms with van der Waals surface area (Å²) in [6, 6.07) is 7.19. The minimum Gasteiger partial charge on any atom is -0.494 e. The summed E-state index contributed by atoms with van der Waals surface area (Å²) in [4.78, 5) is 12.2. The fourth-order valence-corrected chi connectivity index (χ4v) is 2.24. The van der Waals surface area contributed by atoms with Crippen molar-refractivity contribution in [3.8, 4) is 5.75 Å². The predicted molar refractivity (Wildman–Crippen MR) is 82.5 cm³/mol. The number of halogens is 1. The van der Waals surface area contributed by atoms with Crippen LogP contribution in [0.5, 0.6) is 5.75 Å². The number of amides is 1. The van der Waals surface area contributed by atoms with E-state index in [-0.39, 0.29) is 23.9 Å². The molecule has 0 bridgehead atoms. The molecule has 0 spiro atoms. The minimum atomic E-state index is -0.282. The van der Waals surface area contributed by atoms with Crippen LogP contribution in [-0.4, -0.2) is 24.6 Å². The molecule has 1 aromatic carbocycles. The maximum absolute atomic E-state index is 12.2. The van der Waals surface area contributed by atoms with Gasteiger partial charge in [-0.1, -0.05) is 0 Å². The van der Waals surface area contributed by atoms with Gasteiger partial charge < -0.3 is 15.8 Å². The summed E-state index contributed by atoms with van der Waals surface area (Å²) in [5.74, 6) is 1.23. The first kappa shape index (κ1) is 16.8. The van der Waals surface area contributed by atoms with Crippen LogP contribution in [0.15, 0.2) is 24.3 Å². The van der Waals surface area contributed by atoms with Gasteiger partial charge in [-0.25, -0.2) is 0 Å². The second-order valence-electron chi connectivity index (χ2n) is 5.31. The van der Waals surface area contributed by atoms with Gasteiger partial charge in [0.15, 0.2) is 0 Å². The highest BCUT2D eigenvalue weighted by atomic mass is 35.5. The van der Waals surface area contributed by atoms with Crippen molar-refractivity contribution >= 4 is 18.3 Å². The van der Waals surface area contributed by atoms with E-state index in [2.05, 4.69) is 5.32 Å². The summed E-state index contributed by atoms with van der Waals surface area (Å²) in [6.07, 6.45) is 2.30. The number of benzene rings is 1. The summed E-state index contributed by atoms with van der Waals surface area (Å²) in [7, 11) is 0. The molecule has 0 aliphatic heterocycles. The topological polar surface area (TPSA) is 64.3 Å². The van der Waals surface area contributed by atoms with Gasteiger partial charge in [-0.3, -0.25) is 4.79 Å². The lowest BCUT2D eigenvalue weighted by atomic mass is 9.95. The normalized spacial score (nSPS) is 16.8. The number of nitrogens with one attached hydrogen (secondary N) is 1. The number of hydrogen-bond acceptors (Lipinski definition) is 3. The molecule has 1 aromatic rings. The quantitative estimate of drug-likeness (QED) is 0.847. The van der Waals surface area contributed by atoms with Crippen LogP contribution >= 0.6 is 12.4 Å². The molecular weight excluding hydrogens is 276 g/mol. The number of nitrogens with two attached hydrogens (primary N) is 1. The van der Waals surface area contributed by atoms with Crippen LogP contribution in [0.25, 0.3) is 0 Å². The van der Waals surface area contributed by atoms with Gasteiger partial charge in [-0.2, -0.15) is 0 Å². The van der Waals surface area contributed by atoms with Crippen molar-refractivity contribution < 1.29 is 9.53 Å². The van der Waals surface area contributed by atoms with Crippen LogP contribution in [0.4, 0.5) is 0 Å². The second-order valence-corrected chi connectivity index (χ2v) is 5.31. The smallest absolute Gasteiger partial charge is 0.251 e. The van der Waals surface area contributed by atoms with Crippen molar-refractivity contribution in [2.45, 2.75) is 32.2 Å². The van der Waals surface area contributed by atoms with E-state index in [0.717, 1.165) is 18.6 Å². The summed E-state index contributed by atoms with van der Waals surface area (Å²) in [6.45, 7) is 5.05. The SMILES string of the molecule is CCOc1ccc(C(=O)NC(C)(CN)C2CC2)cc1.Cl. The maximum Gasteiger partial charge on any atom is 0.251 e. The molecule has 2 rings (SSSR count). The van der Waals surface area contributed by atoms with Gasteiger partial charge in [-0.15, -0.1) is 12.4 Å². The number of carbonyl (C=O) groups is 1. The Bertz CT molecular complexity index is 446. The molecule has 1 saturated carbocycles. The van der Waals surface area contributed by atoms with Gasteiger partial charge in [0.1, 0.15) is 5.75 Å². The standard InChI is InChI=1S/C15H22N2O2.ClH/c1-3-19-13-8-4-11(5-9-13)14(18)17-15(2,10-16)12-6-7-12;/h4-5,8-9,12H,3,6-7,10,16H2,1-2H3,(H,17,18);1H. The Balaban J connectivity index is 0.00000200. The molecule has 5 heteroatoms. The molecule has 0 radical (unpaired) electrons. The van der Waals surface area contributed by atoms with Crippen LogP contribution in [0, 0.1) is 5.92 Å². The molecular formula is C15H23ClN2O2. The molecule has 1 aliphatic carbocycles. The molecule has 0 aromatic heterocycles. The Morgan fingerprint density at radius 2 is 2.00 bits per heavy atom. The molecule has 1 amide bonds. The first-order valence-corrected chi connectivity index (χ1v) is 6.84. The van der Waals surface area contributed by atoms with E-state index in [1.54, 1.807) is 12.1 Å². The third-order valence-electron chi connectivity index (χ3n) is 3.73. The van der Waals surface area contributed by atoms with E-state index in [0.29, 0.717) is 24.6 Å². The molecule has 1 aliphatic rings. The molecule has 20 heavy (non-hydrogen) atoms. The zero-order chi connectivity index (χ0) is 13.9. The van der Waals surface area contributed by atoms with Gasteiger partial charge in [0, 0.05) is 12.1 Å². The van der Waals surface area contributed by atoms with Crippen LogP contribution in [0.3, 0.4) is 0 Å². The van der Waals surface area contributed by atoms with Gasteiger partial charge in [-0.05, 0) is 56.9 Å². The van der Waals surface area contributed by atoms with Crippen LogP contribution < -0.4 is 15.8 Å². The van der Waals surface area contributed by atoms with E-state index in [4.69, 9.17) is 10.5 Å². The predicted octanol–water partition coefficient (Wildman–Crippen LogP) is 2.36. The minimum absolute atomic E-state index is 0. The maximum atomic E-state index is 12.2. The van der Waals surface area contributed by atoms with E-state index in [1.165, 1.54) is 0 Å². The zero-order valence-electron chi connectivity index (χ0n) is 12.0. The largest absolute Gasteiger partial charge is 0.494 e. The van der Waals surface area contributed by atoms with E-state index < -0.39 is 0 Å². The Morgan fingerprint density at radius 3 is 2.45 bits per heavy atom. The molecule has 0 heterocycles. The molecule has 1 fully saturated rings. The second kappa shape index (κ2) is 6.95. The van der Waals surface area contributed by atoms with E-state index in [9.17, 15) is 4.79 Å². The van der Waals surface area contributed by atoms with Crippen molar-refractivity contribution in [1.29, 1.82) is 0 Å². The van der Waals surface area contributed by atoms with Crippen molar-refractivity contribution in [3.05, 3.63) is 29.8 Å². The van der Waals surface area contributed by atoms with E-state index >= 15 is 0 Å². The van der Waals surface area contributed by atoms with Crippen molar-refractivity contribution in [2.24, 2.45) is 11.7 Å². The highest BCUT2D eigenvalue weighted by molar-refractivity contribution is 5.94. The summed E-state index contributed by atoms with van der Waals surface area (Å²) in [5.41, 5.74) is 6.16. The Labute approximate surface area is 126 Å². The van der Waals surface area contributed by atoms with Gasteiger partial charge in [0.2, 0.25) is 0 Å². The summed E-state index contributed by atoms with van der Waals surface area (Å²) in [5, 5.41) is 3.07. The van der Waals surface area contributed by atoms with E-state index in [1.807, 2.05) is 26.0 Å². The highest BCUT2D eigenvalue weighted by Gasteiger charge is 2.41. The molecule has 112 valence electrons. The molecule has 1 unspecified atom stereocenters. The fourth-order valence-electron chi connectivity index (χ4n) is 2.24. The Morgan fingerprint density at radius 1 is 1.40 bits per heavy atom. The highest BCUT2D eigenvalue weighted by Crippen LogP contribution is 2.39. The molecule has 4 nitrogen and oxygen atoms in total. The average molecular weight is 299 g/mol. The first-order chi connectivity index (χ1) is 9.09. The zero-order valence-corrected chi connectivity index (χ0v) is 12.8. The molecule has 3 N–H and O–H groups in total. The summed E-state index contributed by atoms with van der Waals surface area (Å²) >= 11 is 0.